The number of nitriles is 1. The first-order chi connectivity index (χ1) is 8.79. The number of benzene rings is 1. The number of nitrogens with zero attached hydrogens (tertiary/aromatic N) is 1. The summed E-state index contributed by atoms with van der Waals surface area (Å²) >= 11 is 1.52. The maximum atomic E-state index is 13.1. The molecule has 0 amide bonds. The molecule has 0 heterocycles. The standard InChI is InChI=1S/C15H18FNS/c16-13-8-5-9-14(10-13)18-15(11-17)12-6-3-1-2-4-7-12/h5,8-10,12,15H,1-4,6-7H2. The lowest BCUT2D eigenvalue weighted by Gasteiger charge is -2.19. The molecule has 0 bridgehead atoms. The van der Waals surface area contributed by atoms with E-state index in [9.17, 15) is 9.65 Å². The first kappa shape index (κ1) is 13.4. The molecule has 1 nitrogen and oxygen atoms in total. The largest absolute Gasteiger partial charge is 0.207 e. The Kier molecular flexibility index (Phi) is 5.07. The summed E-state index contributed by atoms with van der Waals surface area (Å²) in [5, 5.41) is 9.30. The number of thioether (sulfide) groups is 1. The minimum atomic E-state index is -0.224. The van der Waals surface area contributed by atoms with Gasteiger partial charge >= 0.3 is 0 Å². The van der Waals surface area contributed by atoms with Crippen LogP contribution in [0.1, 0.15) is 38.5 Å². The Hall–Kier alpha value is -1.01. The Balaban J connectivity index is 2.02. The van der Waals surface area contributed by atoms with Gasteiger partial charge in [-0.3, -0.25) is 0 Å². The van der Waals surface area contributed by atoms with E-state index >= 15 is 0 Å². The summed E-state index contributed by atoms with van der Waals surface area (Å²) in [6, 6.07) is 8.96. The van der Waals surface area contributed by atoms with Crippen LogP contribution in [0.4, 0.5) is 4.39 Å². The molecule has 1 saturated carbocycles. The maximum Gasteiger partial charge on any atom is 0.124 e. The van der Waals surface area contributed by atoms with Crippen LogP contribution < -0.4 is 0 Å². The molecule has 2 rings (SSSR count). The average molecular weight is 263 g/mol. The molecule has 0 spiro atoms. The predicted octanol–water partition coefficient (Wildman–Crippen LogP) is 4.78. The van der Waals surface area contributed by atoms with E-state index < -0.39 is 0 Å². The van der Waals surface area contributed by atoms with E-state index in [1.54, 1.807) is 6.07 Å². The topological polar surface area (TPSA) is 23.8 Å². The Morgan fingerprint density at radius 3 is 2.56 bits per heavy atom. The van der Waals surface area contributed by atoms with Crippen LogP contribution >= 0.6 is 11.8 Å². The van der Waals surface area contributed by atoms with Gasteiger partial charge in [-0.05, 0) is 37.0 Å². The van der Waals surface area contributed by atoms with Crippen molar-refractivity contribution < 1.29 is 4.39 Å². The van der Waals surface area contributed by atoms with Crippen molar-refractivity contribution in [2.45, 2.75) is 48.7 Å². The number of rotatable bonds is 3. The molecule has 0 aromatic heterocycles. The van der Waals surface area contributed by atoms with Crippen molar-refractivity contribution in [3.05, 3.63) is 30.1 Å². The minimum Gasteiger partial charge on any atom is -0.207 e. The monoisotopic (exact) mass is 263 g/mol. The second kappa shape index (κ2) is 6.80. The van der Waals surface area contributed by atoms with Crippen molar-refractivity contribution in [1.82, 2.24) is 0 Å². The highest BCUT2D eigenvalue weighted by Crippen LogP contribution is 2.35. The van der Waals surface area contributed by atoms with E-state index in [0.717, 1.165) is 17.7 Å². The van der Waals surface area contributed by atoms with Crippen LogP contribution in [0, 0.1) is 23.1 Å². The highest BCUT2D eigenvalue weighted by molar-refractivity contribution is 8.00. The fourth-order valence-corrected chi connectivity index (χ4v) is 3.68. The van der Waals surface area contributed by atoms with Crippen LogP contribution in [0.25, 0.3) is 0 Å². The fourth-order valence-electron chi connectivity index (χ4n) is 2.53. The second-order valence-corrected chi connectivity index (χ2v) is 6.09. The molecule has 1 aromatic carbocycles. The number of halogens is 1. The summed E-state index contributed by atoms with van der Waals surface area (Å²) < 4.78 is 13.1. The molecule has 1 aliphatic rings. The first-order valence-electron chi connectivity index (χ1n) is 6.61. The zero-order valence-electron chi connectivity index (χ0n) is 10.4. The average Bonchev–Trinajstić information content (AvgIpc) is 2.65. The van der Waals surface area contributed by atoms with Crippen LogP contribution in [0.3, 0.4) is 0 Å². The molecule has 0 N–H and O–H groups in total. The van der Waals surface area contributed by atoms with E-state index in [1.165, 1.54) is 49.6 Å². The van der Waals surface area contributed by atoms with Crippen molar-refractivity contribution in [3.63, 3.8) is 0 Å². The summed E-state index contributed by atoms with van der Waals surface area (Å²) in [5.74, 6) is 0.239. The van der Waals surface area contributed by atoms with Crippen molar-refractivity contribution in [1.29, 1.82) is 5.26 Å². The van der Waals surface area contributed by atoms with Gasteiger partial charge in [-0.2, -0.15) is 5.26 Å². The predicted molar refractivity (Wildman–Crippen MR) is 72.9 cm³/mol. The fraction of sp³-hybridized carbons (Fsp3) is 0.533. The van der Waals surface area contributed by atoms with Crippen molar-refractivity contribution in [2.75, 3.05) is 0 Å². The minimum absolute atomic E-state index is 0.0371. The molecule has 1 fully saturated rings. The Morgan fingerprint density at radius 1 is 1.22 bits per heavy atom. The van der Waals surface area contributed by atoms with E-state index in [2.05, 4.69) is 6.07 Å². The third-order valence-corrected chi connectivity index (χ3v) is 4.78. The molecular formula is C15H18FNS. The molecule has 96 valence electrons. The zero-order valence-corrected chi connectivity index (χ0v) is 11.3. The third kappa shape index (κ3) is 3.74. The van der Waals surface area contributed by atoms with Crippen LogP contribution in [-0.4, -0.2) is 5.25 Å². The lowest BCUT2D eigenvalue weighted by molar-refractivity contribution is 0.479. The van der Waals surface area contributed by atoms with Gasteiger partial charge in [0.05, 0.1) is 11.3 Å². The highest BCUT2D eigenvalue weighted by atomic mass is 32.2. The van der Waals surface area contributed by atoms with Gasteiger partial charge in [0.15, 0.2) is 0 Å². The molecule has 1 atom stereocenters. The zero-order chi connectivity index (χ0) is 12.8. The quantitative estimate of drug-likeness (QED) is 0.579. The van der Waals surface area contributed by atoms with Crippen molar-refractivity contribution >= 4 is 11.8 Å². The summed E-state index contributed by atoms with van der Waals surface area (Å²) in [6.07, 6.45) is 7.32. The van der Waals surface area contributed by atoms with E-state index in [-0.39, 0.29) is 11.1 Å². The van der Waals surface area contributed by atoms with E-state index in [1.807, 2.05) is 6.07 Å². The Morgan fingerprint density at radius 2 is 1.94 bits per heavy atom. The summed E-state index contributed by atoms with van der Waals surface area (Å²) in [7, 11) is 0. The van der Waals surface area contributed by atoms with Crippen LogP contribution in [0.5, 0.6) is 0 Å². The smallest absolute Gasteiger partial charge is 0.124 e. The SMILES string of the molecule is N#CC(Sc1cccc(F)c1)C1CCCCCC1. The Labute approximate surface area is 112 Å². The van der Waals surface area contributed by atoms with E-state index in [0.29, 0.717) is 5.92 Å². The van der Waals surface area contributed by atoms with Crippen molar-refractivity contribution in [2.24, 2.45) is 5.92 Å². The molecule has 3 heteroatoms. The van der Waals surface area contributed by atoms with Crippen LogP contribution in [0.15, 0.2) is 29.2 Å². The number of hydrogen-bond acceptors (Lipinski definition) is 2. The van der Waals surface area contributed by atoms with Gasteiger partial charge in [-0.25, -0.2) is 4.39 Å². The lowest BCUT2D eigenvalue weighted by Crippen LogP contribution is -2.14. The van der Waals surface area contributed by atoms with Gasteiger partial charge in [-0.1, -0.05) is 31.7 Å². The molecule has 1 aromatic rings. The van der Waals surface area contributed by atoms with Crippen LogP contribution in [-0.2, 0) is 0 Å². The molecule has 18 heavy (non-hydrogen) atoms. The van der Waals surface area contributed by atoms with Crippen molar-refractivity contribution in [3.8, 4) is 6.07 Å². The molecule has 1 unspecified atom stereocenters. The summed E-state index contributed by atoms with van der Waals surface area (Å²) in [6.45, 7) is 0. The van der Waals surface area contributed by atoms with Gasteiger partial charge in [-0.15, -0.1) is 11.8 Å². The Bertz CT molecular complexity index is 419. The summed E-state index contributed by atoms with van der Waals surface area (Å²) in [5.41, 5.74) is 0. The van der Waals surface area contributed by atoms with Crippen LogP contribution in [0.2, 0.25) is 0 Å². The van der Waals surface area contributed by atoms with Gasteiger partial charge in [0.2, 0.25) is 0 Å². The first-order valence-corrected chi connectivity index (χ1v) is 7.49. The molecule has 0 saturated heterocycles. The normalized spacial score (nSPS) is 18.9. The third-order valence-electron chi connectivity index (χ3n) is 3.51. The van der Waals surface area contributed by atoms with Gasteiger partial charge in [0.1, 0.15) is 5.82 Å². The molecule has 1 aliphatic carbocycles. The molecule has 0 aliphatic heterocycles. The highest BCUT2D eigenvalue weighted by Gasteiger charge is 2.23. The lowest BCUT2D eigenvalue weighted by atomic mass is 9.97. The molecular weight excluding hydrogens is 245 g/mol. The van der Waals surface area contributed by atoms with Gasteiger partial charge in [0, 0.05) is 4.90 Å². The maximum absolute atomic E-state index is 13.1. The van der Waals surface area contributed by atoms with Gasteiger partial charge < -0.3 is 0 Å². The van der Waals surface area contributed by atoms with Gasteiger partial charge in [0.25, 0.3) is 0 Å². The number of hydrogen-bond donors (Lipinski definition) is 0. The second-order valence-electron chi connectivity index (χ2n) is 4.88. The van der Waals surface area contributed by atoms with E-state index in [4.69, 9.17) is 0 Å². The summed E-state index contributed by atoms with van der Waals surface area (Å²) in [4.78, 5) is 0.866. The molecule has 0 radical (unpaired) electrons.